The van der Waals surface area contributed by atoms with Gasteiger partial charge in [-0.3, -0.25) is 4.90 Å². The van der Waals surface area contributed by atoms with Gasteiger partial charge in [0.05, 0.1) is 6.54 Å². The summed E-state index contributed by atoms with van der Waals surface area (Å²) in [6.45, 7) is 6.06. The van der Waals surface area contributed by atoms with Crippen LogP contribution in [0.5, 0.6) is 5.75 Å². The van der Waals surface area contributed by atoms with Crippen LogP contribution in [0.4, 0.5) is 4.79 Å². The third-order valence-corrected chi connectivity index (χ3v) is 5.15. The lowest BCUT2D eigenvalue weighted by Gasteiger charge is -2.41. The molecular weight excluding hydrogens is 322 g/mol. The number of aliphatic hydroxyl groups excluding tert-OH is 1. The second-order valence-corrected chi connectivity index (χ2v) is 7.27. The van der Waals surface area contributed by atoms with E-state index in [2.05, 4.69) is 24.8 Å². The molecule has 2 N–H and O–H groups in total. The summed E-state index contributed by atoms with van der Waals surface area (Å²) in [6, 6.07) is 8.15. The molecule has 1 atom stereocenters. The van der Waals surface area contributed by atoms with Gasteiger partial charge in [-0.2, -0.15) is 0 Å². The van der Waals surface area contributed by atoms with Crippen LogP contribution in [0.2, 0.25) is 0 Å². The zero-order chi connectivity index (χ0) is 18.0. The fraction of sp³-hybridized carbons (Fsp3) is 0.526. The Hall–Kier alpha value is -2.21. The van der Waals surface area contributed by atoms with Crippen LogP contribution in [0.1, 0.15) is 32.3 Å². The van der Waals surface area contributed by atoms with E-state index < -0.39 is 6.16 Å². The van der Waals surface area contributed by atoms with Gasteiger partial charge in [0.25, 0.3) is 0 Å². The number of hydrogen-bond donors (Lipinski definition) is 2. The van der Waals surface area contributed by atoms with Crippen molar-refractivity contribution in [3.63, 3.8) is 0 Å². The highest BCUT2D eigenvalue weighted by atomic mass is 16.7. The normalized spacial score (nSPS) is 22.9. The number of carboxylic acid groups (broad SMARTS) is 1. The van der Waals surface area contributed by atoms with Crippen LogP contribution in [0, 0.1) is 5.92 Å². The number of para-hydroxylation sites is 1. The first-order valence-corrected chi connectivity index (χ1v) is 8.66. The molecule has 25 heavy (non-hydrogen) atoms. The Labute approximate surface area is 147 Å². The van der Waals surface area contributed by atoms with Crippen molar-refractivity contribution in [2.24, 2.45) is 5.92 Å². The molecule has 0 spiro atoms. The Morgan fingerprint density at radius 2 is 2.16 bits per heavy atom. The summed E-state index contributed by atoms with van der Waals surface area (Å²) in [5.74, 6) is 1.51. The molecule has 0 aromatic heterocycles. The van der Waals surface area contributed by atoms with Gasteiger partial charge < -0.3 is 19.7 Å². The topological polar surface area (TPSA) is 79.2 Å². The molecule has 2 heterocycles. The van der Waals surface area contributed by atoms with E-state index in [9.17, 15) is 9.90 Å². The van der Waals surface area contributed by atoms with E-state index in [-0.39, 0.29) is 17.1 Å². The molecule has 136 valence electrons. The molecule has 2 aliphatic heterocycles. The monoisotopic (exact) mass is 347 g/mol. The van der Waals surface area contributed by atoms with Crippen LogP contribution in [0.25, 0.3) is 0 Å². The van der Waals surface area contributed by atoms with Crippen molar-refractivity contribution in [2.45, 2.75) is 38.7 Å². The van der Waals surface area contributed by atoms with Crippen LogP contribution in [0.3, 0.4) is 0 Å². The molecule has 6 heteroatoms. The maximum atomic E-state index is 10.7. The van der Waals surface area contributed by atoms with E-state index >= 15 is 0 Å². The molecule has 0 fully saturated rings. The molecule has 0 bridgehead atoms. The molecule has 0 saturated carbocycles. The average Bonchev–Trinajstić information content (AvgIpc) is 2.54. The minimum Gasteiger partial charge on any atom is -0.509 e. The Kier molecular flexibility index (Phi) is 4.90. The number of benzene rings is 1. The molecule has 2 aliphatic rings. The van der Waals surface area contributed by atoms with Gasteiger partial charge in [-0.1, -0.05) is 18.2 Å². The maximum Gasteiger partial charge on any atom is 0.511 e. The third kappa shape index (κ3) is 4.07. The minimum absolute atomic E-state index is 0.0360. The smallest absolute Gasteiger partial charge is 0.509 e. The lowest BCUT2D eigenvalue weighted by Crippen LogP contribution is -2.44. The zero-order valence-corrected chi connectivity index (χ0v) is 14.7. The highest BCUT2D eigenvalue weighted by Gasteiger charge is 2.36. The number of hydrogen-bond acceptors (Lipinski definition) is 5. The molecule has 1 unspecified atom stereocenters. The van der Waals surface area contributed by atoms with Gasteiger partial charge in [0, 0.05) is 18.9 Å². The molecule has 0 saturated heterocycles. The number of rotatable bonds is 4. The van der Waals surface area contributed by atoms with Crippen molar-refractivity contribution >= 4 is 6.16 Å². The van der Waals surface area contributed by atoms with Crippen LogP contribution < -0.4 is 4.74 Å². The quantitative estimate of drug-likeness (QED) is 0.811. The summed E-state index contributed by atoms with van der Waals surface area (Å²) in [5.41, 5.74) is 0.987. The summed E-state index contributed by atoms with van der Waals surface area (Å²) in [7, 11) is 0. The molecule has 1 aromatic rings. The summed E-state index contributed by atoms with van der Waals surface area (Å²) < 4.78 is 10.9. The van der Waals surface area contributed by atoms with Crippen molar-refractivity contribution in [1.29, 1.82) is 0 Å². The van der Waals surface area contributed by atoms with Crippen molar-refractivity contribution in [3.8, 4) is 5.75 Å². The van der Waals surface area contributed by atoms with Crippen molar-refractivity contribution in [2.75, 3.05) is 19.6 Å². The fourth-order valence-electron chi connectivity index (χ4n) is 3.60. The molecule has 6 nitrogen and oxygen atoms in total. The summed E-state index contributed by atoms with van der Waals surface area (Å²) >= 11 is 0. The summed E-state index contributed by atoms with van der Waals surface area (Å²) in [5, 5.41) is 18.6. The van der Waals surface area contributed by atoms with Gasteiger partial charge >= 0.3 is 6.16 Å². The highest BCUT2D eigenvalue weighted by Crippen LogP contribution is 2.38. The van der Waals surface area contributed by atoms with Gasteiger partial charge in [-0.25, -0.2) is 4.79 Å². The van der Waals surface area contributed by atoms with Gasteiger partial charge in [0.15, 0.2) is 5.76 Å². The van der Waals surface area contributed by atoms with E-state index in [1.54, 1.807) is 0 Å². The molecule has 1 aromatic carbocycles. The zero-order valence-electron chi connectivity index (χ0n) is 14.7. The van der Waals surface area contributed by atoms with Gasteiger partial charge in [-0.15, -0.1) is 0 Å². The van der Waals surface area contributed by atoms with Crippen molar-refractivity contribution in [3.05, 3.63) is 41.3 Å². The average molecular weight is 347 g/mol. The van der Waals surface area contributed by atoms with Gasteiger partial charge in [-0.05, 0) is 44.9 Å². The standard InChI is InChI=1S/C19H25NO5/c1-19(2)14(11-13-5-3-4-6-16(13)25-19)7-9-20-10-8-15(21)17(12-20)24-18(22)23/h3-6,14,21H,7-12H2,1-2H3,(H,22,23). The summed E-state index contributed by atoms with van der Waals surface area (Å²) in [6.07, 6.45) is 0.927. The Bertz CT molecular complexity index is 682. The second kappa shape index (κ2) is 6.96. The van der Waals surface area contributed by atoms with Gasteiger partial charge in [0.1, 0.15) is 17.1 Å². The van der Waals surface area contributed by atoms with Gasteiger partial charge in [0.2, 0.25) is 0 Å². The largest absolute Gasteiger partial charge is 0.511 e. The number of carbonyl (C=O) groups is 1. The first kappa shape index (κ1) is 17.6. The minimum atomic E-state index is -1.39. The van der Waals surface area contributed by atoms with E-state index in [4.69, 9.17) is 14.6 Å². The second-order valence-electron chi connectivity index (χ2n) is 7.27. The molecule has 3 rings (SSSR count). The fourth-order valence-corrected chi connectivity index (χ4v) is 3.60. The number of fused-ring (bicyclic) bond motifs is 1. The lowest BCUT2D eigenvalue weighted by molar-refractivity contribution is 0.0169. The Balaban J connectivity index is 1.61. The number of nitrogens with zero attached hydrogens (tertiary/aromatic N) is 1. The number of ether oxygens (including phenoxy) is 2. The van der Waals surface area contributed by atoms with E-state index in [0.29, 0.717) is 25.4 Å². The predicted molar refractivity (Wildman–Crippen MR) is 92.8 cm³/mol. The van der Waals surface area contributed by atoms with Crippen LogP contribution >= 0.6 is 0 Å². The van der Waals surface area contributed by atoms with Crippen LogP contribution in [0.15, 0.2) is 35.8 Å². The molecule has 0 amide bonds. The lowest BCUT2D eigenvalue weighted by atomic mass is 9.80. The Morgan fingerprint density at radius 3 is 2.92 bits per heavy atom. The molecule has 0 radical (unpaired) electrons. The SMILES string of the molecule is CC1(C)Oc2ccccc2CC1CCN1CCC(O)=C(OC(=O)O)C1. The van der Waals surface area contributed by atoms with Crippen molar-refractivity contribution in [1.82, 2.24) is 4.90 Å². The molecular formula is C19H25NO5. The maximum absolute atomic E-state index is 10.7. The van der Waals surface area contributed by atoms with Crippen molar-refractivity contribution < 1.29 is 24.5 Å². The van der Waals surface area contributed by atoms with E-state index in [0.717, 1.165) is 25.1 Å². The molecule has 0 aliphatic carbocycles. The van der Waals surface area contributed by atoms with Crippen LogP contribution in [-0.2, 0) is 11.2 Å². The van der Waals surface area contributed by atoms with Crippen LogP contribution in [-0.4, -0.2) is 46.5 Å². The first-order valence-electron chi connectivity index (χ1n) is 8.66. The summed E-state index contributed by atoms with van der Waals surface area (Å²) in [4.78, 5) is 12.8. The number of aliphatic hydroxyl groups is 1. The Morgan fingerprint density at radius 1 is 1.40 bits per heavy atom. The third-order valence-electron chi connectivity index (χ3n) is 5.15. The predicted octanol–water partition coefficient (Wildman–Crippen LogP) is 3.58. The van der Waals surface area contributed by atoms with E-state index in [1.165, 1.54) is 5.56 Å². The first-order chi connectivity index (χ1) is 11.8. The highest BCUT2D eigenvalue weighted by molar-refractivity contribution is 5.58. The van der Waals surface area contributed by atoms with E-state index in [1.807, 2.05) is 18.2 Å².